The van der Waals surface area contributed by atoms with Crippen molar-refractivity contribution in [3.8, 4) is 0 Å². The molecule has 4 atom stereocenters. The first-order valence-electron chi connectivity index (χ1n) is 7.35. The van der Waals surface area contributed by atoms with Crippen LogP contribution in [0.1, 0.15) is 32.4 Å². The highest BCUT2D eigenvalue weighted by Crippen LogP contribution is 2.29. The summed E-state index contributed by atoms with van der Waals surface area (Å²) >= 11 is 0. The van der Waals surface area contributed by atoms with Crippen LogP contribution in [0.3, 0.4) is 0 Å². The zero-order chi connectivity index (χ0) is 15.6. The van der Waals surface area contributed by atoms with Gasteiger partial charge in [0.15, 0.2) is 0 Å². The molecule has 21 heavy (non-hydrogen) atoms. The molecule has 1 aromatic carbocycles. The van der Waals surface area contributed by atoms with Crippen LogP contribution >= 0.6 is 0 Å². The van der Waals surface area contributed by atoms with Crippen LogP contribution in [0.25, 0.3) is 0 Å². The number of rotatable bonds is 5. The molecule has 1 aromatic rings. The Bertz CT molecular complexity index is 518. The van der Waals surface area contributed by atoms with Crippen LogP contribution in [0, 0.1) is 5.92 Å². The van der Waals surface area contributed by atoms with Crippen LogP contribution in [0.15, 0.2) is 30.3 Å². The molecule has 2 rings (SSSR count). The van der Waals surface area contributed by atoms with Gasteiger partial charge in [0, 0.05) is 28.9 Å². The zero-order valence-corrected chi connectivity index (χ0v) is 13.9. The van der Waals surface area contributed by atoms with Gasteiger partial charge < -0.3 is 4.90 Å². The van der Waals surface area contributed by atoms with E-state index in [0.29, 0.717) is 11.7 Å². The van der Waals surface area contributed by atoms with E-state index >= 15 is 0 Å². The average Bonchev–Trinajstić information content (AvgIpc) is 2.77. The maximum atomic E-state index is 12.8. The molecule has 0 spiro atoms. The fourth-order valence-electron chi connectivity index (χ4n) is 2.92. The van der Waals surface area contributed by atoms with Gasteiger partial charge in [-0.3, -0.25) is 14.3 Å². The third-order valence-corrected chi connectivity index (χ3v) is 4.81. The van der Waals surface area contributed by atoms with E-state index in [0.717, 1.165) is 5.56 Å². The standard InChI is InChI=1S/C16H24N2O2S/c1-11(2)15-17-14(13-8-6-5-7-9-13)16(19)18(15)12(3)10-21(4)20/h5-9,11-12,14-15,17H,10H2,1-4H3. The van der Waals surface area contributed by atoms with E-state index < -0.39 is 10.8 Å². The fourth-order valence-corrected chi connectivity index (χ4v) is 3.76. The number of carbonyl (C=O) groups excluding carboxylic acids is 1. The van der Waals surface area contributed by atoms with Crippen molar-refractivity contribution in [2.75, 3.05) is 12.0 Å². The zero-order valence-electron chi connectivity index (χ0n) is 13.1. The first kappa shape index (κ1) is 16.2. The largest absolute Gasteiger partial charge is 0.322 e. The third kappa shape index (κ3) is 3.52. The quantitative estimate of drug-likeness (QED) is 0.904. The van der Waals surface area contributed by atoms with Gasteiger partial charge in [0.1, 0.15) is 6.04 Å². The average molecular weight is 308 g/mol. The monoisotopic (exact) mass is 308 g/mol. The highest BCUT2D eigenvalue weighted by Gasteiger charge is 2.43. The second kappa shape index (κ2) is 6.71. The summed E-state index contributed by atoms with van der Waals surface area (Å²) in [7, 11) is -0.912. The molecule has 1 heterocycles. The molecule has 0 aromatic heterocycles. The van der Waals surface area contributed by atoms with Crippen molar-refractivity contribution >= 4 is 16.7 Å². The summed E-state index contributed by atoms with van der Waals surface area (Å²) in [5, 5.41) is 3.44. The molecule has 0 aliphatic carbocycles. The van der Waals surface area contributed by atoms with Gasteiger partial charge in [0.2, 0.25) is 5.91 Å². The lowest BCUT2D eigenvalue weighted by Crippen LogP contribution is -2.48. The van der Waals surface area contributed by atoms with Gasteiger partial charge in [0.05, 0.1) is 6.17 Å². The first-order valence-corrected chi connectivity index (χ1v) is 9.07. The van der Waals surface area contributed by atoms with E-state index in [-0.39, 0.29) is 24.2 Å². The van der Waals surface area contributed by atoms with Gasteiger partial charge in [0.25, 0.3) is 0 Å². The van der Waals surface area contributed by atoms with Crippen molar-refractivity contribution in [2.45, 2.75) is 39.0 Å². The Labute approximate surface area is 129 Å². The summed E-state index contributed by atoms with van der Waals surface area (Å²) in [6.07, 6.45) is 1.67. The normalized spacial score (nSPS) is 25.4. The smallest absolute Gasteiger partial charge is 0.245 e. The molecule has 1 aliphatic rings. The highest BCUT2D eigenvalue weighted by molar-refractivity contribution is 7.84. The Balaban J connectivity index is 2.26. The lowest BCUT2D eigenvalue weighted by molar-refractivity contribution is -0.132. The van der Waals surface area contributed by atoms with Crippen molar-refractivity contribution in [3.63, 3.8) is 0 Å². The van der Waals surface area contributed by atoms with Crippen molar-refractivity contribution in [2.24, 2.45) is 5.92 Å². The predicted molar refractivity (Wildman–Crippen MR) is 86.2 cm³/mol. The van der Waals surface area contributed by atoms with Crippen LogP contribution in [0.4, 0.5) is 0 Å². The van der Waals surface area contributed by atoms with Gasteiger partial charge in [-0.1, -0.05) is 44.2 Å². The Morgan fingerprint density at radius 1 is 1.24 bits per heavy atom. The molecule has 1 aliphatic heterocycles. The number of hydrogen-bond donors (Lipinski definition) is 1. The molecule has 116 valence electrons. The van der Waals surface area contributed by atoms with Gasteiger partial charge in [-0.25, -0.2) is 0 Å². The van der Waals surface area contributed by atoms with Gasteiger partial charge in [-0.15, -0.1) is 0 Å². The Hall–Kier alpha value is -1.20. The number of nitrogens with zero attached hydrogens (tertiary/aromatic N) is 1. The van der Waals surface area contributed by atoms with Gasteiger partial charge >= 0.3 is 0 Å². The summed E-state index contributed by atoms with van der Waals surface area (Å²) in [6.45, 7) is 6.17. The molecule has 0 radical (unpaired) electrons. The van der Waals surface area contributed by atoms with Crippen LogP contribution in [-0.4, -0.2) is 39.2 Å². The van der Waals surface area contributed by atoms with E-state index in [2.05, 4.69) is 19.2 Å². The molecule has 1 amide bonds. The molecule has 1 saturated heterocycles. The maximum Gasteiger partial charge on any atom is 0.245 e. The minimum Gasteiger partial charge on any atom is -0.322 e. The summed E-state index contributed by atoms with van der Waals surface area (Å²) in [6, 6.07) is 9.45. The lowest BCUT2D eigenvalue weighted by atomic mass is 10.1. The Kier molecular flexibility index (Phi) is 5.17. The van der Waals surface area contributed by atoms with Gasteiger partial charge in [-0.2, -0.15) is 0 Å². The van der Waals surface area contributed by atoms with Crippen molar-refractivity contribution in [1.29, 1.82) is 0 Å². The fraction of sp³-hybridized carbons (Fsp3) is 0.562. The summed E-state index contributed by atoms with van der Waals surface area (Å²) < 4.78 is 11.5. The van der Waals surface area contributed by atoms with E-state index in [4.69, 9.17) is 0 Å². The molecule has 1 fully saturated rings. The first-order chi connectivity index (χ1) is 9.91. The molecule has 0 bridgehead atoms. The van der Waals surface area contributed by atoms with Gasteiger partial charge in [-0.05, 0) is 18.4 Å². The number of nitrogens with one attached hydrogen (secondary N) is 1. The van der Waals surface area contributed by atoms with Crippen LogP contribution in [0.2, 0.25) is 0 Å². The third-order valence-electron chi connectivity index (χ3n) is 3.85. The Morgan fingerprint density at radius 3 is 2.38 bits per heavy atom. The van der Waals surface area contributed by atoms with Crippen LogP contribution in [0.5, 0.6) is 0 Å². The molecular formula is C16H24N2O2S. The molecule has 0 saturated carbocycles. The minimum absolute atomic E-state index is 0.0127. The summed E-state index contributed by atoms with van der Waals surface area (Å²) in [5.74, 6) is 0.895. The number of hydrogen-bond acceptors (Lipinski definition) is 3. The molecule has 4 nitrogen and oxygen atoms in total. The second-order valence-electron chi connectivity index (χ2n) is 6.03. The second-order valence-corrected chi connectivity index (χ2v) is 7.51. The summed E-state index contributed by atoms with van der Waals surface area (Å²) in [4.78, 5) is 14.7. The molecular weight excluding hydrogens is 284 g/mol. The maximum absolute atomic E-state index is 12.8. The van der Waals surface area contributed by atoms with E-state index in [9.17, 15) is 9.00 Å². The van der Waals surface area contributed by atoms with Crippen molar-refractivity contribution in [1.82, 2.24) is 10.2 Å². The number of benzene rings is 1. The number of carbonyl (C=O) groups is 1. The van der Waals surface area contributed by atoms with Crippen LogP contribution < -0.4 is 5.32 Å². The SMILES string of the molecule is CC(C)C1NC(c2ccccc2)C(=O)N1C(C)CS(C)=O. The van der Waals surface area contributed by atoms with Crippen molar-refractivity contribution < 1.29 is 9.00 Å². The van der Waals surface area contributed by atoms with E-state index in [1.54, 1.807) is 6.26 Å². The predicted octanol–water partition coefficient (Wildman–Crippen LogP) is 1.91. The van der Waals surface area contributed by atoms with Crippen molar-refractivity contribution in [3.05, 3.63) is 35.9 Å². The lowest BCUT2D eigenvalue weighted by Gasteiger charge is -2.32. The topological polar surface area (TPSA) is 49.4 Å². The number of amides is 1. The minimum atomic E-state index is -0.912. The highest BCUT2D eigenvalue weighted by atomic mass is 32.2. The Morgan fingerprint density at radius 2 is 1.86 bits per heavy atom. The molecule has 1 N–H and O–H groups in total. The molecule has 4 unspecified atom stereocenters. The molecule has 5 heteroatoms. The van der Waals surface area contributed by atoms with E-state index in [1.807, 2.05) is 42.2 Å². The summed E-state index contributed by atoms with van der Waals surface area (Å²) in [5.41, 5.74) is 0.987. The van der Waals surface area contributed by atoms with Crippen LogP contribution in [-0.2, 0) is 15.6 Å². The van der Waals surface area contributed by atoms with E-state index in [1.165, 1.54) is 0 Å².